The van der Waals surface area contributed by atoms with Crippen LogP contribution in [-0.4, -0.2) is 30.8 Å². The molecule has 1 aliphatic carbocycles. The van der Waals surface area contributed by atoms with Gasteiger partial charge in [-0.15, -0.1) is 0 Å². The second kappa shape index (κ2) is 2.87. The number of amides is 1. The lowest BCUT2D eigenvalue weighted by molar-refractivity contribution is -0.174. The SMILES string of the molecule is CO[C@@]1(C)C[C@H]1NC(=O)C(F)(F)F. The van der Waals surface area contributed by atoms with Crippen LogP contribution in [0.5, 0.6) is 0 Å². The van der Waals surface area contributed by atoms with E-state index in [2.05, 4.69) is 0 Å². The fourth-order valence-electron chi connectivity index (χ4n) is 1.02. The predicted octanol–water partition coefficient (Wildman–Crippen LogP) is 0.842. The van der Waals surface area contributed by atoms with Crippen molar-refractivity contribution >= 4 is 5.91 Å². The highest BCUT2D eigenvalue weighted by molar-refractivity contribution is 5.82. The number of ether oxygens (including phenoxy) is 1. The molecule has 13 heavy (non-hydrogen) atoms. The van der Waals surface area contributed by atoms with Crippen LogP contribution < -0.4 is 5.32 Å². The molecular formula is C7H10F3NO2. The first-order valence-corrected chi connectivity index (χ1v) is 3.72. The summed E-state index contributed by atoms with van der Waals surface area (Å²) in [6, 6.07) is -0.522. The first kappa shape index (κ1) is 10.3. The molecular weight excluding hydrogens is 187 g/mol. The van der Waals surface area contributed by atoms with Crippen LogP contribution in [0.4, 0.5) is 13.2 Å². The van der Waals surface area contributed by atoms with E-state index in [1.807, 2.05) is 5.32 Å². The maximum Gasteiger partial charge on any atom is 0.471 e. The second-order valence-corrected chi connectivity index (χ2v) is 3.24. The van der Waals surface area contributed by atoms with Crippen molar-refractivity contribution in [3.05, 3.63) is 0 Å². The summed E-state index contributed by atoms with van der Waals surface area (Å²) in [6.45, 7) is 1.65. The Balaban J connectivity index is 2.41. The minimum Gasteiger partial charge on any atom is -0.376 e. The number of halogens is 3. The zero-order valence-corrected chi connectivity index (χ0v) is 7.23. The van der Waals surface area contributed by atoms with Crippen LogP contribution in [0.25, 0.3) is 0 Å². The van der Waals surface area contributed by atoms with Gasteiger partial charge in [0.1, 0.15) is 0 Å². The van der Waals surface area contributed by atoms with Gasteiger partial charge in [-0.3, -0.25) is 4.79 Å². The number of alkyl halides is 3. The van der Waals surface area contributed by atoms with Gasteiger partial charge in [0.2, 0.25) is 0 Å². The lowest BCUT2D eigenvalue weighted by Gasteiger charge is -2.11. The summed E-state index contributed by atoms with van der Waals surface area (Å²) in [5.74, 6) is -1.90. The molecule has 0 radical (unpaired) electrons. The van der Waals surface area contributed by atoms with Gasteiger partial charge >= 0.3 is 12.1 Å². The average Bonchev–Trinajstić information content (AvgIpc) is 2.61. The summed E-state index contributed by atoms with van der Waals surface area (Å²) in [5, 5.41) is 1.85. The smallest absolute Gasteiger partial charge is 0.376 e. The van der Waals surface area contributed by atoms with Gasteiger partial charge in [0.15, 0.2) is 0 Å². The molecule has 76 valence electrons. The topological polar surface area (TPSA) is 38.3 Å². The third-order valence-corrected chi connectivity index (χ3v) is 2.22. The van der Waals surface area contributed by atoms with E-state index in [0.29, 0.717) is 6.42 Å². The quantitative estimate of drug-likeness (QED) is 0.712. The summed E-state index contributed by atoms with van der Waals surface area (Å²) in [5.41, 5.74) is -0.624. The number of rotatable bonds is 2. The maximum absolute atomic E-state index is 11.7. The van der Waals surface area contributed by atoms with Gasteiger partial charge in [0, 0.05) is 13.5 Å². The first-order valence-electron chi connectivity index (χ1n) is 3.72. The maximum atomic E-state index is 11.7. The molecule has 1 fully saturated rings. The van der Waals surface area contributed by atoms with Crippen molar-refractivity contribution in [1.29, 1.82) is 0 Å². The zero-order chi connectivity index (χ0) is 10.3. The molecule has 1 amide bonds. The van der Waals surface area contributed by atoms with E-state index >= 15 is 0 Å². The lowest BCUT2D eigenvalue weighted by atomic mass is 10.4. The highest BCUT2D eigenvalue weighted by Crippen LogP contribution is 2.39. The highest BCUT2D eigenvalue weighted by Gasteiger charge is 2.54. The third kappa shape index (κ3) is 2.12. The van der Waals surface area contributed by atoms with Gasteiger partial charge < -0.3 is 10.1 Å². The monoisotopic (exact) mass is 197 g/mol. The fraction of sp³-hybridized carbons (Fsp3) is 0.857. The number of hydrogen-bond acceptors (Lipinski definition) is 2. The summed E-state index contributed by atoms with van der Waals surface area (Å²) in [4.78, 5) is 10.4. The van der Waals surface area contributed by atoms with Gasteiger partial charge in [0.05, 0.1) is 11.6 Å². The largest absolute Gasteiger partial charge is 0.471 e. The Morgan fingerprint density at radius 2 is 2.15 bits per heavy atom. The van der Waals surface area contributed by atoms with E-state index in [1.54, 1.807) is 6.92 Å². The molecule has 0 saturated heterocycles. The predicted molar refractivity (Wildman–Crippen MR) is 38.0 cm³/mol. The van der Waals surface area contributed by atoms with Crippen LogP contribution >= 0.6 is 0 Å². The molecule has 0 unspecified atom stereocenters. The van der Waals surface area contributed by atoms with Gasteiger partial charge in [-0.05, 0) is 6.92 Å². The molecule has 3 nitrogen and oxygen atoms in total. The molecule has 0 bridgehead atoms. The second-order valence-electron chi connectivity index (χ2n) is 3.24. The van der Waals surface area contributed by atoms with E-state index in [4.69, 9.17) is 4.74 Å². The number of methoxy groups -OCH3 is 1. The summed E-state index contributed by atoms with van der Waals surface area (Å²) < 4.78 is 40.1. The Morgan fingerprint density at radius 3 is 2.46 bits per heavy atom. The highest BCUT2D eigenvalue weighted by atomic mass is 19.4. The van der Waals surface area contributed by atoms with Crippen LogP contribution in [-0.2, 0) is 9.53 Å². The van der Waals surface area contributed by atoms with Gasteiger partial charge in [-0.2, -0.15) is 13.2 Å². The van der Waals surface area contributed by atoms with Crippen molar-refractivity contribution in [2.24, 2.45) is 0 Å². The molecule has 1 saturated carbocycles. The van der Waals surface area contributed by atoms with Crippen LogP contribution in [0.1, 0.15) is 13.3 Å². The lowest BCUT2D eigenvalue weighted by Crippen LogP contribution is -2.40. The van der Waals surface area contributed by atoms with Crippen molar-refractivity contribution in [1.82, 2.24) is 5.32 Å². The molecule has 6 heteroatoms. The van der Waals surface area contributed by atoms with Crippen molar-refractivity contribution < 1.29 is 22.7 Å². The van der Waals surface area contributed by atoms with E-state index in [-0.39, 0.29) is 0 Å². The molecule has 0 aromatic heterocycles. The van der Waals surface area contributed by atoms with E-state index in [9.17, 15) is 18.0 Å². The molecule has 0 heterocycles. The van der Waals surface area contributed by atoms with Crippen molar-refractivity contribution in [2.75, 3.05) is 7.11 Å². The third-order valence-electron chi connectivity index (χ3n) is 2.22. The number of carbonyl (C=O) groups excluding carboxylic acids is 1. The molecule has 0 aromatic rings. The Kier molecular flexibility index (Phi) is 2.27. The molecule has 1 rings (SSSR count). The normalized spacial score (nSPS) is 32.8. The van der Waals surface area contributed by atoms with E-state index in [1.165, 1.54) is 7.11 Å². The number of hydrogen-bond donors (Lipinski definition) is 1. The molecule has 2 atom stereocenters. The minimum atomic E-state index is -4.81. The average molecular weight is 197 g/mol. The fourth-order valence-corrected chi connectivity index (χ4v) is 1.02. The van der Waals surface area contributed by atoms with Crippen LogP contribution in [0.3, 0.4) is 0 Å². The summed E-state index contributed by atoms with van der Waals surface area (Å²) in [6.07, 6.45) is -4.39. The Morgan fingerprint density at radius 1 is 1.62 bits per heavy atom. The van der Waals surface area contributed by atoms with Gasteiger partial charge in [-0.25, -0.2) is 0 Å². The van der Waals surface area contributed by atoms with E-state index in [0.717, 1.165) is 0 Å². The molecule has 1 aliphatic rings. The number of nitrogens with one attached hydrogen (secondary N) is 1. The Hall–Kier alpha value is -0.780. The number of carbonyl (C=O) groups is 1. The summed E-state index contributed by atoms with van der Waals surface area (Å²) in [7, 11) is 1.40. The minimum absolute atomic E-state index is 0.422. The van der Waals surface area contributed by atoms with Crippen molar-refractivity contribution in [3.63, 3.8) is 0 Å². The molecule has 1 N–H and O–H groups in total. The van der Waals surface area contributed by atoms with Crippen LogP contribution in [0, 0.1) is 0 Å². The van der Waals surface area contributed by atoms with Crippen LogP contribution in [0.2, 0.25) is 0 Å². The molecule has 0 spiro atoms. The first-order chi connectivity index (χ1) is 5.79. The van der Waals surface area contributed by atoms with Gasteiger partial charge in [0.25, 0.3) is 0 Å². The van der Waals surface area contributed by atoms with Crippen molar-refractivity contribution in [2.45, 2.75) is 31.2 Å². The zero-order valence-electron chi connectivity index (χ0n) is 7.23. The van der Waals surface area contributed by atoms with E-state index < -0.39 is 23.7 Å². The van der Waals surface area contributed by atoms with Crippen molar-refractivity contribution in [3.8, 4) is 0 Å². The molecule has 0 aliphatic heterocycles. The standard InChI is InChI=1S/C7H10F3NO2/c1-6(13-2)3-4(6)11-5(12)7(8,9)10/h4H,3H2,1-2H3,(H,11,12)/t4-,6+/m1/s1. The molecule has 0 aromatic carbocycles. The van der Waals surface area contributed by atoms with Gasteiger partial charge in [-0.1, -0.05) is 0 Å². The Labute approximate surface area is 73.2 Å². The van der Waals surface area contributed by atoms with Crippen LogP contribution in [0.15, 0.2) is 0 Å². The summed E-state index contributed by atoms with van der Waals surface area (Å²) >= 11 is 0. The Bertz CT molecular complexity index is 228.